The number of nitrogens with two attached hydrogens (primary N) is 1. The number of aliphatic imine (C=N–C) groups is 4. The lowest BCUT2D eigenvalue weighted by Crippen LogP contribution is -2.47. The van der Waals surface area contributed by atoms with Crippen LogP contribution in [0, 0.1) is 0 Å². The summed E-state index contributed by atoms with van der Waals surface area (Å²) in [6.07, 6.45) is 5.95. The van der Waals surface area contributed by atoms with Gasteiger partial charge in [-0.3, -0.25) is 20.6 Å². The summed E-state index contributed by atoms with van der Waals surface area (Å²) in [5.74, 6) is 3.45. The number of rotatable bonds is 8. The van der Waals surface area contributed by atoms with E-state index in [4.69, 9.17) is 20.1 Å². The van der Waals surface area contributed by atoms with Crippen molar-refractivity contribution in [2.24, 2.45) is 25.7 Å². The Bertz CT molecular complexity index is 1100. The summed E-state index contributed by atoms with van der Waals surface area (Å²) >= 11 is 0. The lowest BCUT2D eigenvalue weighted by molar-refractivity contribution is 0.445. The quantitative estimate of drug-likeness (QED) is 0.350. The van der Waals surface area contributed by atoms with Crippen LogP contribution in [0.4, 0.5) is 0 Å². The van der Waals surface area contributed by atoms with Crippen molar-refractivity contribution >= 4 is 23.8 Å². The maximum absolute atomic E-state index is 6.04. The van der Waals surface area contributed by atoms with E-state index in [0.717, 1.165) is 37.1 Å². The molecule has 4 heterocycles. The van der Waals surface area contributed by atoms with Gasteiger partial charge in [0.15, 0.2) is 11.9 Å². The number of nitrogens with zero attached hydrogens (tertiary/aromatic N) is 6. The average molecular weight is 510 g/mol. The summed E-state index contributed by atoms with van der Waals surface area (Å²) < 4.78 is 5.40. The molecule has 4 rings (SSSR count). The molecular formula is C25H39N11O. The Labute approximate surface area is 218 Å². The molecule has 0 radical (unpaired) electrons. The van der Waals surface area contributed by atoms with Gasteiger partial charge in [-0.15, -0.1) is 0 Å². The van der Waals surface area contributed by atoms with Crippen LogP contribution in [0.3, 0.4) is 0 Å². The van der Waals surface area contributed by atoms with Crippen molar-refractivity contribution in [3.8, 4) is 0 Å². The Hall–Kier alpha value is -3.96. The zero-order valence-corrected chi connectivity index (χ0v) is 22.1. The fourth-order valence-electron chi connectivity index (χ4n) is 4.18. The highest BCUT2D eigenvalue weighted by Crippen LogP contribution is 2.16. The van der Waals surface area contributed by atoms with Gasteiger partial charge in [0.25, 0.3) is 0 Å². The van der Waals surface area contributed by atoms with E-state index in [1.165, 1.54) is 5.69 Å². The van der Waals surface area contributed by atoms with E-state index < -0.39 is 0 Å². The first-order valence-electron chi connectivity index (χ1n) is 12.7. The maximum Gasteiger partial charge on any atom is 0.200 e. The van der Waals surface area contributed by atoms with Crippen molar-refractivity contribution in [3.05, 3.63) is 48.2 Å². The van der Waals surface area contributed by atoms with Crippen LogP contribution in [-0.2, 0) is 12.8 Å². The van der Waals surface area contributed by atoms with Crippen LogP contribution in [0.15, 0.2) is 61.1 Å². The van der Waals surface area contributed by atoms with Crippen molar-refractivity contribution in [2.45, 2.75) is 44.3 Å². The van der Waals surface area contributed by atoms with E-state index in [2.05, 4.69) is 55.9 Å². The summed E-state index contributed by atoms with van der Waals surface area (Å²) in [6, 6.07) is 7.84. The van der Waals surface area contributed by atoms with Gasteiger partial charge in [-0.05, 0) is 37.6 Å². The van der Waals surface area contributed by atoms with Crippen molar-refractivity contribution in [1.29, 1.82) is 0 Å². The fourth-order valence-corrected chi connectivity index (χ4v) is 4.18. The smallest absolute Gasteiger partial charge is 0.200 e. The van der Waals surface area contributed by atoms with Gasteiger partial charge in [0, 0.05) is 59.0 Å². The number of hydrogen-bond acceptors (Lipinski definition) is 9. The van der Waals surface area contributed by atoms with E-state index in [0.29, 0.717) is 31.4 Å². The molecule has 0 amide bonds. The highest BCUT2D eigenvalue weighted by molar-refractivity contribution is 5.99. The van der Waals surface area contributed by atoms with Crippen LogP contribution in [0.25, 0.3) is 0 Å². The molecule has 12 nitrogen and oxygen atoms in total. The number of nitrogens with one attached hydrogen (secondary N) is 4. The first kappa shape index (κ1) is 26.1. The number of likely N-dealkylation sites (N-methyl/N-ethyl adjacent to an activating group) is 1. The zero-order chi connectivity index (χ0) is 26.2. The average Bonchev–Trinajstić information content (AvgIpc) is 3.52. The molecule has 200 valence electrons. The number of furan rings is 1. The predicted molar refractivity (Wildman–Crippen MR) is 148 cm³/mol. The number of H-pyrrole nitrogens is 1. The highest BCUT2D eigenvalue weighted by Gasteiger charge is 2.28. The van der Waals surface area contributed by atoms with Crippen LogP contribution in [-0.4, -0.2) is 97.5 Å². The molecule has 37 heavy (non-hydrogen) atoms. The third-order valence-corrected chi connectivity index (χ3v) is 6.36. The minimum absolute atomic E-state index is 0.00196. The summed E-state index contributed by atoms with van der Waals surface area (Å²) in [7, 11) is 6.02. The first-order valence-corrected chi connectivity index (χ1v) is 12.7. The Morgan fingerprint density at radius 2 is 1.97 bits per heavy atom. The number of aromatic nitrogens is 1. The molecule has 3 unspecified atom stereocenters. The highest BCUT2D eigenvalue weighted by atomic mass is 16.3. The van der Waals surface area contributed by atoms with Gasteiger partial charge >= 0.3 is 0 Å². The maximum atomic E-state index is 6.04. The zero-order valence-electron chi connectivity index (χ0n) is 22.1. The summed E-state index contributed by atoms with van der Waals surface area (Å²) in [5, 5.41) is 9.98. The molecule has 0 fully saturated rings. The molecule has 2 aromatic rings. The molecule has 0 spiro atoms. The molecule has 0 bridgehead atoms. The molecule has 2 aliphatic rings. The molecule has 0 aromatic carbocycles. The molecule has 12 heteroatoms. The molecule has 0 saturated heterocycles. The molecule has 6 N–H and O–H groups in total. The predicted octanol–water partition coefficient (Wildman–Crippen LogP) is 0.581. The van der Waals surface area contributed by atoms with Crippen molar-refractivity contribution in [1.82, 2.24) is 30.7 Å². The normalized spacial score (nSPS) is 23.0. The second kappa shape index (κ2) is 12.3. The summed E-state index contributed by atoms with van der Waals surface area (Å²) in [5.41, 5.74) is 7.24. The van der Waals surface area contributed by atoms with Crippen LogP contribution < -0.4 is 21.7 Å². The van der Waals surface area contributed by atoms with E-state index in [9.17, 15) is 0 Å². The molecule has 2 aliphatic heterocycles. The second-order valence-electron chi connectivity index (χ2n) is 9.59. The summed E-state index contributed by atoms with van der Waals surface area (Å²) in [4.78, 5) is 26.6. The van der Waals surface area contributed by atoms with E-state index in [1.54, 1.807) is 6.26 Å². The molecule has 0 saturated carbocycles. The van der Waals surface area contributed by atoms with E-state index >= 15 is 0 Å². The first-order chi connectivity index (χ1) is 17.9. The fraction of sp³-hybridized carbons (Fsp3) is 0.520. The number of guanidine groups is 4. The molecular weight excluding hydrogens is 470 g/mol. The van der Waals surface area contributed by atoms with Crippen LogP contribution in [0.2, 0.25) is 0 Å². The van der Waals surface area contributed by atoms with Gasteiger partial charge in [-0.25, -0.2) is 9.98 Å². The van der Waals surface area contributed by atoms with Crippen molar-refractivity contribution in [2.75, 3.05) is 40.8 Å². The third-order valence-electron chi connectivity index (χ3n) is 6.36. The van der Waals surface area contributed by atoms with Crippen LogP contribution in [0.5, 0.6) is 0 Å². The molecule has 3 atom stereocenters. The van der Waals surface area contributed by atoms with Gasteiger partial charge in [0.2, 0.25) is 11.9 Å². The van der Waals surface area contributed by atoms with Gasteiger partial charge in [0.05, 0.1) is 30.9 Å². The van der Waals surface area contributed by atoms with E-state index in [-0.39, 0.29) is 18.1 Å². The van der Waals surface area contributed by atoms with Gasteiger partial charge in [-0.2, -0.15) is 0 Å². The van der Waals surface area contributed by atoms with Crippen molar-refractivity contribution < 1.29 is 4.42 Å². The minimum Gasteiger partial charge on any atom is -0.469 e. The van der Waals surface area contributed by atoms with Gasteiger partial charge < -0.3 is 30.3 Å². The van der Waals surface area contributed by atoms with Crippen LogP contribution >= 0.6 is 0 Å². The SMILES string of the molecule is CC1N=C(N(C)CCc2ccc[nH]2)NC(N(C)C)=NC1CC1CN=C(N)NC(=NCCc2ccco2)N1. The Morgan fingerprint density at radius 3 is 2.70 bits per heavy atom. The largest absolute Gasteiger partial charge is 0.469 e. The molecule has 2 aromatic heterocycles. The molecule has 0 aliphatic carbocycles. The van der Waals surface area contributed by atoms with Crippen molar-refractivity contribution in [3.63, 3.8) is 0 Å². The third kappa shape index (κ3) is 7.51. The minimum atomic E-state index is -0.0596. The lowest BCUT2D eigenvalue weighted by Gasteiger charge is -2.24. The Kier molecular flexibility index (Phi) is 8.70. The van der Waals surface area contributed by atoms with E-state index in [1.807, 2.05) is 43.4 Å². The number of aromatic amines is 1. The standard InChI is InChI=1S/C25H39N11O/c1-17-21(15-19-16-29-22(26)33-23(31-19)28-12-9-20-8-6-14-37-20)32-24(35(2)3)34-25(30-17)36(4)13-10-18-7-5-11-27-18/h5-8,11,14,17,19,21,27H,9-10,12-13,15-16H2,1-4H3,(H,30,32,34)(H4,26,28,29,31,33). The monoisotopic (exact) mass is 509 g/mol. The van der Waals surface area contributed by atoms with Gasteiger partial charge in [0.1, 0.15) is 5.76 Å². The Morgan fingerprint density at radius 1 is 1.11 bits per heavy atom. The topological polar surface area (TPSA) is 147 Å². The second-order valence-corrected chi connectivity index (χ2v) is 9.59. The lowest BCUT2D eigenvalue weighted by atomic mass is 10.0. The summed E-state index contributed by atoms with van der Waals surface area (Å²) in [6.45, 7) is 4.02. The number of hydrogen-bond donors (Lipinski definition) is 5. The Balaban J connectivity index is 1.43. The van der Waals surface area contributed by atoms with Crippen LogP contribution in [0.1, 0.15) is 24.8 Å². The van der Waals surface area contributed by atoms with Gasteiger partial charge in [-0.1, -0.05) is 0 Å².